The molecule has 0 spiro atoms. The fourth-order valence-corrected chi connectivity index (χ4v) is 2.51. The minimum Gasteiger partial charge on any atom is -0.495 e. The number of rotatable bonds is 4. The fraction of sp³-hybridized carbons (Fsp3) is 0.188. The summed E-state index contributed by atoms with van der Waals surface area (Å²) in [5.41, 5.74) is 0.806. The normalized spacial score (nSPS) is 11.5. The molecule has 2 aromatic carbocycles. The first-order chi connectivity index (χ1) is 10.0. The predicted octanol–water partition coefficient (Wildman–Crippen LogP) is 3.97. The zero-order chi connectivity index (χ0) is 15.6. The average molecular weight is 308 g/mol. The van der Waals surface area contributed by atoms with E-state index < -0.39 is 5.97 Å². The van der Waals surface area contributed by atoms with Crippen molar-refractivity contribution in [3.05, 3.63) is 40.4 Å². The maximum atomic E-state index is 9.17. The maximum Gasteiger partial charge on any atom is 0.510 e. The second-order valence-corrected chi connectivity index (χ2v) is 4.87. The van der Waals surface area contributed by atoms with Gasteiger partial charge < -0.3 is 19.4 Å². The number of hydrogen-bond donors (Lipinski definition) is 1. The molecule has 4 nitrogen and oxygen atoms in total. The second-order valence-electron chi connectivity index (χ2n) is 4.49. The van der Waals surface area contributed by atoms with Crippen LogP contribution in [-0.2, 0) is 0 Å². The highest BCUT2D eigenvalue weighted by Crippen LogP contribution is 2.44. The second kappa shape index (κ2) is 6.06. The minimum absolute atomic E-state index is 0.271. The molecule has 0 heterocycles. The van der Waals surface area contributed by atoms with Crippen LogP contribution in [0.3, 0.4) is 0 Å². The Balaban J connectivity index is 2.90. The molecule has 110 valence electrons. The van der Waals surface area contributed by atoms with E-state index in [1.54, 1.807) is 20.1 Å². The number of halogens is 1. The molecule has 21 heavy (non-hydrogen) atoms. The highest BCUT2D eigenvalue weighted by molar-refractivity contribution is 6.35. The van der Waals surface area contributed by atoms with Crippen LogP contribution in [0.5, 0.6) is 11.5 Å². The summed E-state index contributed by atoms with van der Waals surface area (Å²) in [6.07, 6.45) is 1.55. The van der Waals surface area contributed by atoms with Crippen molar-refractivity contribution in [3.63, 3.8) is 0 Å². The Bertz CT molecular complexity index is 735. The number of hydrogen-bond acceptors (Lipinski definition) is 2. The van der Waals surface area contributed by atoms with E-state index in [1.165, 1.54) is 7.11 Å². The van der Waals surface area contributed by atoms with Gasteiger partial charge in [0.2, 0.25) is 0 Å². The van der Waals surface area contributed by atoms with E-state index in [4.69, 9.17) is 31.0 Å². The Morgan fingerprint density at radius 2 is 1.67 bits per heavy atom. The molecular weight excluding hydrogens is 292 g/mol. The zero-order valence-corrected chi connectivity index (χ0v) is 12.7. The van der Waals surface area contributed by atoms with Crippen molar-refractivity contribution in [2.24, 2.45) is 0 Å². The third kappa shape index (κ3) is 2.67. The number of carboxylic acids is 1. The summed E-state index contributed by atoms with van der Waals surface area (Å²) in [4.78, 5) is 9.17. The van der Waals surface area contributed by atoms with Crippen LogP contribution in [0.15, 0.2) is 29.8 Å². The molecule has 0 saturated carbocycles. The van der Waals surface area contributed by atoms with Gasteiger partial charge in [0.25, 0.3) is 0 Å². The molecule has 0 amide bonds. The Kier molecular flexibility index (Phi) is 4.38. The molecule has 0 aliphatic carbocycles. The number of carboxylic acid groups (broad SMARTS) is 1. The van der Waals surface area contributed by atoms with E-state index in [2.05, 4.69) is 0 Å². The van der Waals surface area contributed by atoms with Gasteiger partial charge in [-0.05, 0) is 13.0 Å². The molecular formula is C16H16ClO4+. The van der Waals surface area contributed by atoms with Gasteiger partial charge in [-0.15, -0.1) is 0 Å². The molecule has 0 bridgehead atoms. The lowest BCUT2D eigenvalue weighted by Crippen LogP contribution is -1.99. The van der Waals surface area contributed by atoms with Crippen molar-refractivity contribution in [3.8, 4) is 11.5 Å². The molecule has 0 aliphatic rings. The van der Waals surface area contributed by atoms with Gasteiger partial charge in [-0.25, -0.2) is 0 Å². The minimum atomic E-state index is -0.764. The molecule has 0 aromatic heterocycles. The van der Waals surface area contributed by atoms with Gasteiger partial charge in [-0.2, -0.15) is 0 Å². The smallest absolute Gasteiger partial charge is 0.495 e. The van der Waals surface area contributed by atoms with Crippen molar-refractivity contribution in [2.75, 3.05) is 14.2 Å². The predicted molar refractivity (Wildman–Crippen MR) is 85.3 cm³/mol. The van der Waals surface area contributed by atoms with Gasteiger partial charge in [0.1, 0.15) is 11.5 Å². The molecule has 2 N–H and O–H groups in total. The fourth-order valence-electron chi connectivity index (χ4n) is 2.19. The molecule has 5 heteroatoms. The topological polar surface area (TPSA) is 60.1 Å². The number of aliphatic hydroxyl groups excluding tert-OH is 1. The van der Waals surface area contributed by atoms with Gasteiger partial charge in [0.05, 0.1) is 24.8 Å². The molecule has 0 atom stereocenters. The molecule has 0 unspecified atom stereocenters. The Morgan fingerprint density at radius 1 is 1.14 bits per heavy atom. The van der Waals surface area contributed by atoms with Gasteiger partial charge in [-0.3, -0.25) is 0 Å². The summed E-state index contributed by atoms with van der Waals surface area (Å²) in [5, 5.41) is 11.2. The van der Waals surface area contributed by atoms with Gasteiger partial charge in [0.15, 0.2) is 0 Å². The van der Waals surface area contributed by atoms with Crippen LogP contribution < -0.4 is 9.47 Å². The van der Waals surface area contributed by atoms with E-state index in [9.17, 15) is 0 Å². The SMILES string of the molecule is COc1c(Cl)c(C=C(C)C(O)=[OH+])c(OC)c2ccccc12. The zero-order valence-electron chi connectivity index (χ0n) is 12.0. The molecule has 0 radical (unpaired) electrons. The summed E-state index contributed by atoms with van der Waals surface area (Å²) in [7, 11) is 3.08. The number of methoxy groups -OCH3 is 2. The van der Waals surface area contributed by atoms with Gasteiger partial charge in [0, 0.05) is 16.3 Å². The third-order valence-electron chi connectivity index (χ3n) is 3.22. The highest BCUT2D eigenvalue weighted by atomic mass is 35.5. The molecule has 0 fully saturated rings. The molecule has 0 saturated heterocycles. The van der Waals surface area contributed by atoms with Gasteiger partial charge in [-0.1, -0.05) is 35.9 Å². The number of fused-ring (bicyclic) bond motifs is 1. The third-order valence-corrected chi connectivity index (χ3v) is 3.59. The molecule has 2 aromatic rings. The van der Waals surface area contributed by atoms with Crippen LogP contribution in [0.2, 0.25) is 5.02 Å². The van der Waals surface area contributed by atoms with Crippen molar-refractivity contribution >= 4 is 34.4 Å². The number of benzene rings is 2. The van der Waals surface area contributed by atoms with Crippen LogP contribution in [-0.4, -0.2) is 30.1 Å². The summed E-state index contributed by atoms with van der Waals surface area (Å²) in [5.74, 6) is 0.307. The van der Waals surface area contributed by atoms with Gasteiger partial charge >= 0.3 is 5.97 Å². The monoisotopic (exact) mass is 307 g/mol. The Hall–Kier alpha value is -2.20. The first kappa shape index (κ1) is 15.2. The van der Waals surface area contributed by atoms with E-state index in [0.29, 0.717) is 22.1 Å². The quantitative estimate of drug-likeness (QED) is 0.686. The summed E-state index contributed by atoms with van der Waals surface area (Å²) < 4.78 is 10.9. The van der Waals surface area contributed by atoms with Crippen LogP contribution >= 0.6 is 11.6 Å². The number of ether oxygens (including phenoxy) is 2. The van der Waals surface area contributed by atoms with E-state index in [-0.39, 0.29) is 5.57 Å². The largest absolute Gasteiger partial charge is 0.510 e. The van der Waals surface area contributed by atoms with Crippen LogP contribution in [0.4, 0.5) is 0 Å². The van der Waals surface area contributed by atoms with Crippen molar-refractivity contribution in [2.45, 2.75) is 6.92 Å². The highest BCUT2D eigenvalue weighted by Gasteiger charge is 2.20. The molecule has 2 rings (SSSR count). The first-order valence-corrected chi connectivity index (χ1v) is 6.64. The van der Waals surface area contributed by atoms with Crippen LogP contribution in [0.1, 0.15) is 12.5 Å². The summed E-state index contributed by atoms with van der Waals surface area (Å²) in [6.45, 7) is 1.56. The van der Waals surface area contributed by atoms with Crippen molar-refractivity contribution < 1.29 is 19.4 Å². The summed E-state index contributed by atoms with van der Waals surface area (Å²) >= 11 is 6.40. The standard InChI is InChI=1S/C16H15ClO4/c1-9(16(18)19)8-12-13(17)15(21-3)11-7-5-4-6-10(11)14(12)20-2/h4-8H,1-3H3,(H,18,19)/p+1. The van der Waals surface area contributed by atoms with Crippen molar-refractivity contribution in [1.29, 1.82) is 0 Å². The van der Waals surface area contributed by atoms with E-state index in [1.807, 2.05) is 24.3 Å². The lowest BCUT2D eigenvalue weighted by atomic mass is 10.0. The van der Waals surface area contributed by atoms with Crippen LogP contribution in [0.25, 0.3) is 16.8 Å². The lowest BCUT2D eigenvalue weighted by Gasteiger charge is -2.15. The van der Waals surface area contributed by atoms with Crippen molar-refractivity contribution in [1.82, 2.24) is 0 Å². The lowest BCUT2D eigenvalue weighted by molar-refractivity contribution is 0.410. The number of aliphatic carboxylic acids is 1. The first-order valence-electron chi connectivity index (χ1n) is 6.27. The Morgan fingerprint density at radius 3 is 2.14 bits per heavy atom. The van der Waals surface area contributed by atoms with Crippen LogP contribution in [0, 0.1) is 0 Å². The van der Waals surface area contributed by atoms with E-state index >= 15 is 0 Å². The molecule has 0 aliphatic heterocycles. The summed E-state index contributed by atoms with van der Waals surface area (Å²) in [6, 6.07) is 7.55. The average Bonchev–Trinajstić information content (AvgIpc) is 2.48. The Labute approximate surface area is 127 Å². The van der Waals surface area contributed by atoms with E-state index in [0.717, 1.165) is 10.8 Å². The maximum absolute atomic E-state index is 9.17.